The number of nitrogens with zero attached hydrogens (tertiary/aromatic N) is 1. The van der Waals surface area contributed by atoms with Crippen molar-refractivity contribution in [2.45, 2.75) is 18.9 Å². The molecular formula is C15H16N2O4S2. The van der Waals surface area contributed by atoms with Gasteiger partial charge < -0.3 is 15.3 Å². The topological polar surface area (TPSA) is 82.3 Å². The highest BCUT2D eigenvalue weighted by atomic mass is 32.2. The smallest absolute Gasteiger partial charge is 0.341 e. The van der Waals surface area contributed by atoms with Crippen molar-refractivity contribution in [1.29, 1.82) is 0 Å². The van der Waals surface area contributed by atoms with Gasteiger partial charge in [-0.25, -0.2) is 4.79 Å². The summed E-state index contributed by atoms with van der Waals surface area (Å²) in [7, 11) is 1.30. The monoisotopic (exact) mass is 352 g/mol. The highest BCUT2D eigenvalue weighted by Crippen LogP contribution is 2.33. The van der Waals surface area contributed by atoms with Crippen LogP contribution in [0.5, 0.6) is 0 Å². The molecule has 6 nitrogen and oxygen atoms in total. The van der Waals surface area contributed by atoms with E-state index in [-0.39, 0.29) is 11.7 Å². The number of thiophene rings is 1. The van der Waals surface area contributed by atoms with Gasteiger partial charge in [-0.2, -0.15) is 4.73 Å². The molecule has 23 heavy (non-hydrogen) atoms. The second-order valence-corrected chi connectivity index (χ2v) is 6.90. The van der Waals surface area contributed by atoms with Gasteiger partial charge in [0.15, 0.2) is 6.20 Å². The van der Waals surface area contributed by atoms with Crippen molar-refractivity contribution in [2.75, 3.05) is 18.2 Å². The standard InChI is InChI=1S/C15H16N2O4S2/c1-9-10(2)23-14(13(9)15(19)21-3)16-11(18)8-22-12-6-4-5-7-17(12)20/h4-7H,8H2,1-3H3,(H,16,18). The zero-order chi connectivity index (χ0) is 17.0. The molecule has 1 amide bonds. The van der Waals surface area contributed by atoms with Crippen molar-refractivity contribution >= 4 is 40.0 Å². The fraction of sp³-hybridized carbons (Fsp3) is 0.267. The molecule has 0 unspecified atom stereocenters. The van der Waals surface area contributed by atoms with Gasteiger partial charge in [-0.15, -0.1) is 11.3 Å². The van der Waals surface area contributed by atoms with E-state index in [0.29, 0.717) is 20.3 Å². The van der Waals surface area contributed by atoms with Crippen molar-refractivity contribution in [1.82, 2.24) is 0 Å². The summed E-state index contributed by atoms with van der Waals surface area (Å²) < 4.78 is 5.47. The summed E-state index contributed by atoms with van der Waals surface area (Å²) in [5.74, 6) is -0.691. The van der Waals surface area contributed by atoms with Gasteiger partial charge in [-0.05, 0) is 37.2 Å². The highest BCUT2D eigenvalue weighted by molar-refractivity contribution is 7.99. The first-order valence-corrected chi connectivity index (χ1v) is 8.53. The zero-order valence-corrected chi connectivity index (χ0v) is 14.5. The van der Waals surface area contributed by atoms with E-state index in [9.17, 15) is 14.8 Å². The third kappa shape index (κ3) is 4.02. The second-order valence-electron chi connectivity index (χ2n) is 4.68. The van der Waals surface area contributed by atoms with Gasteiger partial charge in [0.05, 0.1) is 18.4 Å². The highest BCUT2D eigenvalue weighted by Gasteiger charge is 2.21. The number of thioether (sulfide) groups is 1. The van der Waals surface area contributed by atoms with Crippen molar-refractivity contribution in [3.05, 3.63) is 45.6 Å². The van der Waals surface area contributed by atoms with Crippen LogP contribution in [0.4, 0.5) is 5.00 Å². The maximum absolute atomic E-state index is 12.1. The number of aryl methyl sites for hydroxylation is 1. The summed E-state index contributed by atoms with van der Waals surface area (Å²) in [6.45, 7) is 3.69. The number of aromatic nitrogens is 1. The molecule has 0 atom stereocenters. The molecule has 122 valence electrons. The number of hydrogen-bond acceptors (Lipinski definition) is 6. The van der Waals surface area contributed by atoms with E-state index in [1.807, 2.05) is 13.8 Å². The lowest BCUT2D eigenvalue weighted by Crippen LogP contribution is -2.28. The quantitative estimate of drug-likeness (QED) is 0.387. The summed E-state index contributed by atoms with van der Waals surface area (Å²) in [6, 6.07) is 5.00. The molecule has 2 rings (SSSR count). The average molecular weight is 352 g/mol. The maximum Gasteiger partial charge on any atom is 0.341 e. The van der Waals surface area contributed by atoms with Crippen LogP contribution in [0.3, 0.4) is 0 Å². The van der Waals surface area contributed by atoms with Crippen LogP contribution in [-0.2, 0) is 9.53 Å². The summed E-state index contributed by atoms with van der Waals surface area (Å²) >= 11 is 2.46. The van der Waals surface area contributed by atoms with E-state index in [1.165, 1.54) is 24.6 Å². The van der Waals surface area contributed by atoms with E-state index in [0.717, 1.165) is 22.2 Å². The molecule has 1 N–H and O–H groups in total. The lowest BCUT2D eigenvalue weighted by Gasteiger charge is -2.06. The van der Waals surface area contributed by atoms with Crippen molar-refractivity contribution in [3.8, 4) is 0 Å². The number of carbonyl (C=O) groups is 2. The first-order valence-electron chi connectivity index (χ1n) is 6.73. The van der Waals surface area contributed by atoms with Crippen LogP contribution >= 0.6 is 23.1 Å². The summed E-state index contributed by atoms with van der Waals surface area (Å²) in [4.78, 5) is 24.9. The van der Waals surface area contributed by atoms with Crippen LogP contribution in [-0.4, -0.2) is 24.7 Å². The molecular weight excluding hydrogens is 336 g/mol. The Bertz CT molecular complexity index is 743. The van der Waals surface area contributed by atoms with Crippen LogP contribution in [0.2, 0.25) is 0 Å². The Kier molecular flexibility index (Phi) is 5.62. The third-order valence-corrected chi connectivity index (χ3v) is 5.31. The second kappa shape index (κ2) is 7.47. The molecule has 8 heteroatoms. The molecule has 0 radical (unpaired) electrons. The van der Waals surface area contributed by atoms with Crippen LogP contribution in [0.15, 0.2) is 29.4 Å². The number of pyridine rings is 1. The van der Waals surface area contributed by atoms with Gasteiger partial charge in [0.2, 0.25) is 5.91 Å². The molecule has 0 aliphatic heterocycles. The van der Waals surface area contributed by atoms with Crippen molar-refractivity contribution in [2.24, 2.45) is 0 Å². The number of rotatable bonds is 5. The number of anilines is 1. The number of amides is 1. The summed E-state index contributed by atoms with van der Waals surface area (Å²) in [6.07, 6.45) is 1.38. The van der Waals surface area contributed by atoms with Gasteiger partial charge in [0, 0.05) is 17.0 Å². The van der Waals surface area contributed by atoms with Crippen LogP contribution in [0, 0.1) is 19.1 Å². The number of esters is 1. The lowest BCUT2D eigenvalue weighted by molar-refractivity contribution is -0.645. The molecule has 0 aliphatic carbocycles. The minimum Gasteiger partial charge on any atom is -0.618 e. The predicted octanol–water partition coefficient (Wildman–Crippen LogP) is 2.52. The first kappa shape index (κ1) is 17.3. The lowest BCUT2D eigenvalue weighted by atomic mass is 10.1. The van der Waals surface area contributed by atoms with Gasteiger partial charge >= 0.3 is 5.97 Å². The Morgan fingerprint density at radius 2 is 2.13 bits per heavy atom. The summed E-state index contributed by atoms with van der Waals surface area (Å²) in [5.41, 5.74) is 1.18. The number of nitrogens with one attached hydrogen (secondary N) is 1. The number of methoxy groups -OCH3 is 1. The first-order chi connectivity index (χ1) is 10.9. The Labute approximate surface area is 142 Å². The molecule has 2 aromatic heterocycles. The fourth-order valence-corrected chi connectivity index (χ4v) is 3.67. The van der Waals surface area contributed by atoms with E-state index >= 15 is 0 Å². The largest absolute Gasteiger partial charge is 0.618 e. The van der Waals surface area contributed by atoms with Gasteiger partial charge in [-0.3, -0.25) is 4.79 Å². The maximum atomic E-state index is 12.1. The van der Waals surface area contributed by atoms with Crippen molar-refractivity contribution < 1.29 is 19.1 Å². The van der Waals surface area contributed by atoms with E-state index in [1.54, 1.807) is 18.2 Å². The van der Waals surface area contributed by atoms with E-state index in [2.05, 4.69) is 5.32 Å². The number of carbonyl (C=O) groups excluding carboxylic acids is 2. The molecule has 0 aliphatic rings. The average Bonchev–Trinajstić information content (AvgIpc) is 2.80. The van der Waals surface area contributed by atoms with Gasteiger partial charge in [0.25, 0.3) is 5.03 Å². The minimum atomic E-state index is -0.477. The van der Waals surface area contributed by atoms with Gasteiger partial charge in [-0.1, -0.05) is 0 Å². The van der Waals surface area contributed by atoms with Crippen LogP contribution < -0.4 is 10.0 Å². The molecule has 0 aromatic carbocycles. The molecule has 0 saturated heterocycles. The fourth-order valence-electron chi connectivity index (χ4n) is 1.89. The molecule has 0 fully saturated rings. The van der Waals surface area contributed by atoms with E-state index in [4.69, 9.17) is 4.74 Å². The summed E-state index contributed by atoms with van der Waals surface area (Å²) in [5, 5.41) is 15.2. The predicted molar refractivity (Wildman–Crippen MR) is 89.9 cm³/mol. The Hall–Kier alpha value is -2.06. The molecule has 2 aromatic rings. The Balaban J connectivity index is 2.08. The molecule has 0 saturated carbocycles. The van der Waals surface area contributed by atoms with Gasteiger partial charge in [0.1, 0.15) is 5.00 Å². The number of ether oxygens (including phenoxy) is 1. The van der Waals surface area contributed by atoms with Crippen molar-refractivity contribution in [3.63, 3.8) is 0 Å². The Morgan fingerprint density at radius 1 is 1.39 bits per heavy atom. The molecule has 2 heterocycles. The number of hydrogen-bond donors (Lipinski definition) is 1. The molecule has 0 spiro atoms. The SMILES string of the molecule is COC(=O)c1c(NC(=O)CSc2cccc[n+]2[O-])sc(C)c1C. The third-order valence-electron chi connectivity index (χ3n) is 3.17. The zero-order valence-electron chi connectivity index (χ0n) is 12.9. The Morgan fingerprint density at radius 3 is 2.78 bits per heavy atom. The van der Waals surface area contributed by atoms with Crippen LogP contribution in [0.1, 0.15) is 20.8 Å². The normalized spacial score (nSPS) is 10.4. The minimum absolute atomic E-state index is 0.0723. The van der Waals surface area contributed by atoms with E-state index < -0.39 is 5.97 Å². The molecule has 0 bridgehead atoms. The van der Waals surface area contributed by atoms with Crippen LogP contribution in [0.25, 0.3) is 0 Å².